The fraction of sp³-hybridized carbons (Fsp3) is 0.500. The number of carbonyl (C=O) groups is 1. The molecule has 0 bridgehead atoms. The molecule has 142 valence electrons. The molecule has 3 rings (SSSR count). The smallest absolute Gasteiger partial charge is 0.325 e. The van der Waals surface area contributed by atoms with Crippen LogP contribution in [0.5, 0.6) is 0 Å². The van der Waals surface area contributed by atoms with E-state index in [9.17, 15) is 10.1 Å². The zero-order valence-electron chi connectivity index (χ0n) is 16.2. The number of piperidine rings is 1. The molecule has 7 heteroatoms. The van der Waals surface area contributed by atoms with E-state index < -0.39 is 11.1 Å². The molecule has 0 spiro atoms. The van der Waals surface area contributed by atoms with E-state index in [0.717, 1.165) is 18.5 Å². The molecule has 1 saturated heterocycles. The number of nitriles is 1. The van der Waals surface area contributed by atoms with Crippen molar-refractivity contribution < 1.29 is 9.53 Å². The molecule has 27 heavy (non-hydrogen) atoms. The van der Waals surface area contributed by atoms with Gasteiger partial charge in [-0.2, -0.15) is 5.26 Å². The van der Waals surface area contributed by atoms with Gasteiger partial charge in [0.2, 0.25) is 0 Å². The Morgan fingerprint density at radius 1 is 1.37 bits per heavy atom. The second-order valence-corrected chi connectivity index (χ2v) is 7.79. The van der Waals surface area contributed by atoms with Gasteiger partial charge in [-0.15, -0.1) is 0 Å². The number of rotatable bonds is 4. The van der Waals surface area contributed by atoms with E-state index in [1.165, 1.54) is 7.11 Å². The molecule has 0 saturated carbocycles. The van der Waals surface area contributed by atoms with E-state index in [4.69, 9.17) is 4.74 Å². The summed E-state index contributed by atoms with van der Waals surface area (Å²) in [7, 11) is 1.39. The number of methoxy groups -OCH3 is 1. The van der Waals surface area contributed by atoms with Gasteiger partial charge in [0.1, 0.15) is 17.1 Å². The van der Waals surface area contributed by atoms with Crippen molar-refractivity contribution in [2.75, 3.05) is 20.2 Å². The molecule has 0 amide bonds. The summed E-state index contributed by atoms with van der Waals surface area (Å²) in [5.41, 5.74) is 1.24. The molecule has 1 fully saturated rings. The van der Waals surface area contributed by atoms with Crippen molar-refractivity contribution in [1.29, 1.82) is 5.26 Å². The normalized spacial score (nSPS) is 23.0. The number of benzene rings is 1. The quantitative estimate of drug-likeness (QED) is 0.796. The van der Waals surface area contributed by atoms with Crippen LogP contribution in [0.25, 0.3) is 11.0 Å². The fourth-order valence-electron chi connectivity index (χ4n) is 4.08. The summed E-state index contributed by atoms with van der Waals surface area (Å²) < 4.78 is 5.00. The van der Waals surface area contributed by atoms with Crippen molar-refractivity contribution in [3.05, 3.63) is 35.7 Å². The van der Waals surface area contributed by atoms with Crippen LogP contribution < -0.4 is 10.6 Å². The predicted molar refractivity (Wildman–Crippen MR) is 102 cm³/mol. The van der Waals surface area contributed by atoms with Crippen LogP contribution in [0.4, 0.5) is 0 Å². The molecular weight excluding hydrogens is 342 g/mol. The molecule has 2 aromatic rings. The number of ether oxygens (including phenoxy) is 1. The summed E-state index contributed by atoms with van der Waals surface area (Å²) >= 11 is 0. The number of aromatic nitrogens is 2. The van der Waals surface area contributed by atoms with Gasteiger partial charge in [-0.05, 0) is 38.8 Å². The summed E-state index contributed by atoms with van der Waals surface area (Å²) in [6.45, 7) is 7.34. The van der Waals surface area contributed by atoms with Crippen LogP contribution in [0.3, 0.4) is 0 Å². The maximum atomic E-state index is 12.4. The summed E-state index contributed by atoms with van der Waals surface area (Å²) in [5.74, 6) is 0.0613. The van der Waals surface area contributed by atoms with Crippen LogP contribution in [0, 0.1) is 17.2 Å². The van der Waals surface area contributed by atoms with Crippen LogP contribution in [-0.4, -0.2) is 41.7 Å². The van der Waals surface area contributed by atoms with Crippen molar-refractivity contribution >= 4 is 17.0 Å². The first-order chi connectivity index (χ1) is 12.8. The highest BCUT2D eigenvalue weighted by Crippen LogP contribution is 2.37. The van der Waals surface area contributed by atoms with Crippen LogP contribution in [-0.2, 0) is 15.1 Å². The molecule has 1 aliphatic rings. The largest absolute Gasteiger partial charge is 0.468 e. The molecular formula is C20H25N5O2. The Bertz CT molecular complexity index is 905. The summed E-state index contributed by atoms with van der Waals surface area (Å²) in [6.07, 6.45) is 4.04. The number of esters is 1. The SMILES string of the molecule is COC(=O)C(C)(C)N[C@]1(c2ccc(C#N)c3nccnc23)CNC[C@@H](C)C1. The maximum absolute atomic E-state index is 12.4. The van der Waals surface area contributed by atoms with Crippen LogP contribution in [0.2, 0.25) is 0 Å². The van der Waals surface area contributed by atoms with Gasteiger partial charge >= 0.3 is 5.97 Å². The third-order valence-electron chi connectivity index (χ3n) is 5.13. The monoisotopic (exact) mass is 367 g/mol. The van der Waals surface area contributed by atoms with E-state index >= 15 is 0 Å². The molecule has 2 heterocycles. The number of fused-ring (bicyclic) bond motifs is 1. The van der Waals surface area contributed by atoms with Crippen molar-refractivity contribution in [3.63, 3.8) is 0 Å². The molecule has 0 aliphatic carbocycles. The molecule has 2 atom stereocenters. The molecule has 1 aromatic carbocycles. The van der Waals surface area contributed by atoms with Gasteiger partial charge < -0.3 is 10.1 Å². The highest BCUT2D eigenvalue weighted by atomic mass is 16.5. The Morgan fingerprint density at radius 2 is 2.07 bits per heavy atom. The standard InChI is InChI=1S/C20H25N5O2/c1-13-9-20(12-22-11-13,25-19(2,3)18(26)27-4)15-6-5-14(10-21)16-17(15)24-8-7-23-16/h5-8,13,22,25H,9,11-12H2,1-4H3/t13-,20-/m0/s1. The first-order valence-corrected chi connectivity index (χ1v) is 9.06. The molecule has 1 aromatic heterocycles. The molecule has 0 unspecified atom stereocenters. The Morgan fingerprint density at radius 3 is 2.70 bits per heavy atom. The van der Waals surface area contributed by atoms with E-state index in [0.29, 0.717) is 29.1 Å². The first kappa shape index (κ1) is 19.2. The van der Waals surface area contributed by atoms with Crippen molar-refractivity contribution in [2.24, 2.45) is 5.92 Å². The highest BCUT2D eigenvalue weighted by Gasteiger charge is 2.44. The zero-order chi connectivity index (χ0) is 19.7. The van der Waals surface area contributed by atoms with Crippen LogP contribution in [0.15, 0.2) is 24.5 Å². The topological polar surface area (TPSA) is 99.9 Å². The average Bonchev–Trinajstić information content (AvgIpc) is 2.65. The van der Waals surface area contributed by atoms with Gasteiger partial charge in [-0.1, -0.05) is 13.0 Å². The summed E-state index contributed by atoms with van der Waals surface area (Å²) in [4.78, 5) is 21.3. The maximum Gasteiger partial charge on any atom is 0.325 e. The number of hydrogen-bond donors (Lipinski definition) is 2. The zero-order valence-corrected chi connectivity index (χ0v) is 16.2. The molecule has 7 nitrogen and oxygen atoms in total. The number of nitrogens with one attached hydrogen (secondary N) is 2. The number of nitrogens with zero attached hydrogens (tertiary/aromatic N) is 3. The minimum Gasteiger partial charge on any atom is -0.468 e. The third-order valence-corrected chi connectivity index (χ3v) is 5.13. The number of carbonyl (C=O) groups excluding carboxylic acids is 1. The van der Waals surface area contributed by atoms with E-state index in [1.54, 1.807) is 18.5 Å². The Kier molecular flexibility index (Phi) is 5.13. The van der Waals surface area contributed by atoms with Crippen molar-refractivity contribution in [2.45, 2.75) is 38.3 Å². The van der Waals surface area contributed by atoms with E-state index in [1.807, 2.05) is 19.9 Å². The second-order valence-electron chi connectivity index (χ2n) is 7.79. The van der Waals surface area contributed by atoms with Crippen LogP contribution >= 0.6 is 0 Å². The van der Waals surface area contributed by atoms with Gasteiger partial charge in [0.15, 0.2) is 0 Å². The summed E-state index contributed by atoms with van der Waals surface area (Å²) in [6, 6.07) is 5.89. The lowest BCUT2D eigenvalue weighted by Crippen LogP contribution is -2.63. The second kappa shape index (κ2) is 7.22. The van der Waals surface area contributed by atoms with Gasteiger partial charge in [0, 0.05) is 24.5 Å². The van der Waals surface area contributed by atoms with E-state index in [2.05, 4.69) is 33.6 Å². The fourth-order valence-corrected chi connectivity index (χ4v) is 4.08. The highest BCUT2D eigenvalue weighted by molar-refractivity contribution is 5.85. The van der Waals surface area contributed by atoms with Gasteiger partial charge in [0.25, 0.3) is 0 Å². The molecule has 0 radical (unpaired) electrons. The Labute approximate surface area is 159 Å². The van der Waals surface area contributed by atoms with Crippen molar-refractivity contribution in [3.8, 4) is 6.07 Å². The van der Waals surface area contributed by atoms with Gasteiger partial charge in [-0.25, -0.2) is 0 Å². The average molecular weight is 367 g/mol. The van der Waals surface area contributed by atoms with Crippen LogP contribution in [0.1, 0.15) is 38.3 Å². The summed E-state index contributed by atoms with van der Waals surface area (Å²) in [5, 5.41) is 16.4. The lowest BCUT2D eigenvalue weighted by Gasteiger charge is -2.46. The lowest BCUT2D eigenvalue weighted by molar-refractivity contribution is -0.148. The van der Waals surface area contributed by atoms with Gasteiger partial charge in [0.05, 0.1) is 23.7 Å². The minimum absolute atomic E-state index is 0.330. The number of hydrogen-bond acceptors (Lipinski definition) is 7. The van der Waals surface area contributed by atoms with Crippen molar-refractivity contribution in [1.82, 2.24) is 20.6 Å². The first-order valence-electron chi connectivity index (χ1n) is 9.06. The molecule has 2 N–H and O–H groups in total. The predicted octanol–water partition coefficient (Wildman–Crippen LogP) is 1.87. The lowest BCUT2D eigenvalue weighted by atomic mass is 9.76. The third kappa shape index (κ3) is 3.51. The Balaban J connectivity index is 2.20. The molecule has 1 aliphatic heterocycles. The van der Waals surface area contributed by atoms with Gasteiger partial charge in [-0.3, -0.25) is 20.1 Å². The van der Waals surface area contributed by atoms with E-state index in [-0.39, 0.29) is 5.97 Å². The Hall–Kier alpha value is -2.56. The minimum atomic E-state index is -0.893.